The molecule has 0 saturated carbocycles. The summed E-state index contributed by atoms with van der Waals surface area (Å²) in [6, 6.07) is 5.65. The highest BCUT2D eigenvalue weighted by Crippen LogP contribution is 2.31. The zero-order valence-corrected chi connectivity index (χ0v) is 12.4. The number of fused-ring (bicyclic) bond motifs is 3. The molecule has 0 atom stereocenters. The zero-order valence-electron chi connectivity index (χ0n) is 12.4. The monoisotopic (exact) mass is 288 g/mol. The smallest absolute Gasteiger partial charge is 0.337 e. The number of hydrogen-bond acceptors (Lipinski definition) is 4. The lowest BCUT2D eigenvalue weighted by Crippen LogP contribution is -2.27. The molecule has 0 radical (unpaired) electrons. The van der Waals surface area contributed by atoms with Gasteiger partial charge in [0.1, 0.15) is 0 Å². The second-order valence-corrected chi connectivity index (χ2v) is 5.51. The van der Waals surface area contributed by atoms with Crippen LogP contribution in [-0.2, 0) is 24.2 Å². The molecule has 1 aromatic carbocycles. The fourth-order valence-electron chi connectivity index (χ4n) is 3.19. The van der Waals surface area contributed by atoms with Crippen molar-refractivity contribution in [3.8, 4) is 0 Å². The molecule has 0 saturated heterocycles. The first kappa shape index (κ1) is 14.1. The van der Waals surface area contributed by atoms with Gasteiger partial charge in [-0.15, -0.1) is 0 Å². The van der Waals surface area contributed by atoms with Gasteiger partial charge in [-0.2, -0.15) is 0 Å². The van der Waals surface area contributed by atoms with Gasteiger partial charge in [-0.05, 0) is 30.8 Å². The third-order valence-corrected chi connectivity index (χ3v) is 4.19. The lowest BCUT2D eigenvalue weighted by atomic mass is 10.0. The molecule has 0 bridgehead atoms. The number of methoxy groups -OCH3 is 1. The minimum atomic E-state index is -0.315. The average molecular weight is 288 g/mol. The lowest BCUT2D eigenvalue weighted by molar-refractivity contribution is 0.0601. The molecule has 21 heavy (non-hydrogen) atoms. The van der Waals surface area contributed by atoms with Crippen molar-refractivity contribution in [2.24, 2.45) is 0 Å². The summed E-state index contributed by atoms with van der Waals surface area (Å²) in [5.74, 6) is -0.315. The Morgan fingerprint density at radius 3 is 2.95 bits per heavy atom. The molecule has 5 heteroatoms. The Balaban J connectivity index is 2.21. The average Bonchev–Trinajstić information content (AvgIpc) is 2.80. The van der Waals surface area contributed by atoms with Crippen LogP contribution in [0.25, 0.3) is 10.9 Å². The number of esters is 1. The van der Waals surface area contributed by atoms with Crippen molar-refractivity contribution in [3.63, 3.8) is 0 Å². The van der Waals surface area contributed by atoms with E-state index in [1.807, 2.05) is 12.1 Å². The van der Waals surface area contributed by atoms with E-state index in [4.69, 9.17) is 4.74 Å². The van der Waals surface area contributed by atoms with E-state index in [0.717, 1.165) is 30.4 Å². The molecule has 5 nitrogen and oxygen atoms in total. The van der Waals surface area contributed by atoms with E-state index in [1.54, 1.807) is 6.07 Å². The number of carbonyl (C=O) groups excluding carboxylic acids is 1. The summed E-state index contributed by atoms with van der Waals surface area (Å²) in [5.41, 5.74) is 4.19. The zero-order chi connectivity index (χ0) is 15.0. The molecular formula is C16H20N2O3. The summed E-state index contributed by atoms with van der Waals surface area (Å²) >= 11 is 0. The molecule has 3 rings (SSSR count). The van der Waals surface area contributed by atoms with E-state index in [2.05, 4.69) is 16.5 Å². The first-order valence-corrected chi connectivity index (χ1v) is 7.17. The fourth-order valence-corrected chi connectivity index (χ4v) is 3.19. The van der Waals surface area contributed by atoms with Gasteiger partial charge >= 0.3 is 5.97 Å². The van der Waals surface area contributed by atoms with Crippen LogP contribution in [0.2, 0.25) is 0 Å². The van der Waals surface area contributed by atoms with Crippen LogP contribution in [0.1, 0.15) is 21.6 Å². The highest BCUT2D eigenvalue weighted by atomic mass is 16.5. The number of ether oxygens (including phenoxy) is 1. The van der Waals surface area contributed by atoms with Gasteiger partial charge in [0.2, 0.25) is 0 Å². The van der Waals surface area contributed by atoms with E-state index in [0.29, 0.717) is 12.1 Å². The number of aromatic nitrogens is 1. The number of carbonyl (C=O) groups is 1. The van der Waals surface area contributed by atoms with Crippen molar-refractivity contribution in [1.82, 2.24) is 9.47 Å². The van der Waals surface area contributed by atoms with Crippen molar-refractivity contribution in [2.45, 2.75) is 19.5 Å². The van der Waals surface area contributed by atoms with E-state index in [-0.39, 0.29) is 12.6 Å². The molecular weight excluding hydrogens is 268 g/mol. The van der Waals surface area contributed by atoms with Crippen LogP contribution < -0.4 is 0 Å². The minimum Gasteiger partial charge on any atom is -0.465 e. The normalized spacial score (nSPS) is 15.2. The number of likely N-dealkylation sites (N-methyl/N-ethyl adjacent to an activating group) is 1. The summed E-state index contributed by atoms with van der Waals surface area (Å²) in [4.78, 5) is 14.0. The van der Waals surface area contributed by atoms with Crippen molar-refractivity contribution in [3.05, 3.63) is 35.0 Å². The van der Waals surface area contributed by atoms with Gasteiger partial charge in [-0.25, -0.2) is 4.79 Å². The molecule has 1 aliphatic rings. The van der Waals surface area contributed by atoms with Crippen molar-refractivity contribution in [1.29, 1.82) is 0 Å². The summed E-state index contributed by atoms with van der Waals surface area (Å²) < 4.78 is 6.99. The maximum atomic E-state index is 11.7. The summed E-state index contributed by atoms with van der Waals surface area (Å²) in [5, 5.41) is 10.4. The quantitative estimate of drug-likeness (QED) is 0.868. The fraction of sp³-hybridized carbons (Fsp3) is 0.438. The van der Waals surface area contributed by atoms with Crippen LogP contribution in [0.5, 0.6) is 0 Å². The number of nitrogens with zero attached hydrogens (tertiary/aromatic N) is 2. The molecule has 0 amide bonds. The lowest BCUT2D eigenvalue weighted by Gasteiger charge is -2.24. The summed E-state index contributed by atoms with van der Waals surface area (Å²) in [7, 11) is 3.50. The highest BCUT2D eigenvalue weighted by Gasteiger charge is 2.23. The van der Waals surface area contributed by atoms with Crippen LogP contribution in [-0.4, -0.2) is 47.9 Å². The molecule has 2 heterocycles. The SMILES string of the molecule is COC(=O)c1ccc2c(c1)c1c(n2CCO)CCN(C)C1. The standard InChI is InChI=1S/C16H20N2O3/c1-17-6-5-15-13(10-17)12-9-11(16(20)21-2)3-4-14(12)18(15)7-8-19/h3-4,9,19H,5-8,10H2,1-2H3. The Labute approximate surface area is 123 Å². The molecule has 112 valence electrons. The first-order chi connectivity index (χ1) is 10.2. The molecule has 0 fully saturated rings. The van der Waals surface area contributed by atoms with Crippen molar-refractivity contribution >= 4 is 16.9 Å². The minimum absolute atomic E-state index is 0.116. The van der Waals surface area contributed by atoms with E-state index in [9.17, 15) is 9.90 Å². The number of rotatable bonds is 3. The van der Waals surface area contributed by atoms with E-state index < -0.39 is 0 Å². The Morgan fingerprint density at radius 2 is 2.24 bits per heavy atom. The van der Waals surface area contributed by atoms with E-state index >= 15 is 0 Å². The highest BCUT2D eigenvalue weighted by molar-refractivity contribution is 5.96. The maximum Gasteiger partial charge on any atom is 0.337 e. The number of benzene rings is 1. The van der Waals surface area contributed by atoms with Gasteiger partial charge < -0.3 is 19.3 Å². The Hall–Kier alpha value is -1.85. The largest absolute Gasteiger partial charge is 0.465 e. The molecule has 1 N–H and O–H groups in total. The van der Waals surface area contributed by atoms with Gasteiger partial charge in [0.15, 0.2) is 0 Å². The van der Waals surface area contributed by atoms with Crippen LogP contribution in [0.4, 0.5) is 0 Å². The predicted molar refractivity (Wildman–Crippen MR) is 80.4 cm³/mol. The van der Waals surface area contributed by atoms with Crippen LogP contribution in [0.3, 0.4) is 0 Å². The Bertz CT molecular complexity index is 690. The Kier molecular flexibility index (Phi) is 3.69. The maximum absolute atomic E-state index is 11.7. The topological polar surface area (TPSA) is 54.7 Å². The number of hydrogen-bond donors (Lipinski definition) is 1. The van der Waals surface area contributed by atoms with Crippen molar-refractivity contribution in [2.75, 3.05) is 27.3 Å². The van der Waals surface area contributed by atoms with Gasteiger partial charge in [0.05, 0.1) is 19.3 Å². The number of aliphatic hydroxyl groups excluding tert-OH is 1. The second kappa shape index (κ2) is 5.50. The summed E-state index contributed by atoms with van der Waals surface area (Å²) in [6.07, 6.45) is 0.966. The molecule has 1 aliphatic heterocycles. The third-order valence-electron chi connectivity index (χ3n) is 4.19. The molecule has 1 aromatic heterocycles. The van der Waals surface area contributed by atoms with Gasteiger partial charge in [-0.3, -0.25) is 0 Å². The van der Waals surface area contributed by atoms with Crippen LogP contribution in [0, 0.1) is 0 Å². The van der Waals surface area contributed by atoms with Gasteiger partial charge in [0.25, 0.3) is 0 Å². The summed E-state index contributed by atoms with van der Waals surface area (Å²) in [6.45, 7) is 2.59. The van der Waals surface area contributed by atoms with Crippen molar-refractivity contribution < 1.29 is 14.6 Å². The van der Waals surface area contributed by atoms with Crippen LogP contribution in [0.15, 0.2) is 18.2 Å². The predicted octanol–water partition coefficient (Wildman–Crippen LogP) is 1.41. The molecule has 0 spiro atoms. The van der Waals surface area contributed by atoms with E-state index in [1.165, 1.54) is 18.4 Å². The van der Waals surface area contributed by atoms with Crippen LogP contribution >= 0.6 is 0 Å². The molecule has 2 aromatic rings. The third kappa shape index (κ3) is 2.32. The second-order valence-electron chi connectivity index (χ2n) is 5.51. The molecule has 0 aliphatic carbocycles. The first-order valence-electron chi connectivity index (χ1n) is 7.17. The van der Waals surface area contributed by atoms with Gasteiger partial charge in [0, 0.05) is 42.7 Å². The van der Waals surface area contributed by atoms with Gasteiger partial charge in [-0.1, -0.05) is 0 Å². The Morgan fingerprint density at radius 1 is 1.43 bits per heavy atom. The molecule has 0 unspecified atom stereocenters. The number of aliphatic hydroxyl groups is 1.